The molecule has 2 aliphatic heterocycles. The minimum Gasteiger partial charge on any atom is -0.356 e. The van der Waals surface area contributed by atoms with Crippen molar-refractivity contribution in [1.82, 2.24) is 20.4 Å². The highest BCUT2D eigenvalue weighted by molar-refractivity contribution is 5.77. The van der Waals surface area contributed by atoms with Crippen LogP contribution in [-0.4, -0.2) is 115 Å². The predicted molar refractivity (Wildman–Crippen MR) is 266 cm³/mol. The average molecular weight is 959 g/mol. The molecule has 0 spiro atoms. The molecule has 0 unspecified atom stereocenters. The molecule has 7 rings (SSSR count). The molecule has 374 valence electrons. The zero-order chi connectivity index (χ0) is 48.9. The van der Waals surface area contributed by atoms with Gasteiger partial charge in [-0.3, -0.25) is 19.4 Å². The standard InChI is InChI=1S/C56H70N4O10/c1-63-53-29-31-59(49(45-21-13-7-14-22-45)39-69-55(65-3)33-51(61)57-47(37-67-53)43-17-9-5-10-18-43)35-41-25-27-42(28-26-41)36-60-32-30-54(64-2)68-38-48(44-19-11-6-12-20-44)58-52(62)34-56(66-4)70-40-50(60)46-23-15-8-16-24-46/h5-28,47-50,53-56H,29-40H2,1-4H3,(H,57,61)(H,58,62)/t47-,48-,49-,50-,53-,54-,55-,56-/m0/s1. The molecule has 2 saturated heterocycles. The Morgan fingerprint density at radius 1 is 0.429 bits per heavy atom. The van der Waals surface area contributed by atoms with Gasteiger partial charge in [-0.15, -0.1) is 0 Å². The summed E-state index contributed by atoms with van der Waals surface area (Å²) in [4.78, 5) is 31.7. The van der Waals surface area contributed by atoms with E-state index in [2.05, 4.69) is 69.0 Å². The molecule has 0 aromatic heterocycles. The molecule has 5 aromatic carbocycles. The first kappa shape index (κ1) is 52.5. The first-order valence-corrected chi connectivity index (χ1v) is 24.2. The summed E-state index contributed by atoms with van der Waals surface area (Å²) in [6.45, 7) is 3.43. The van der Waals surface area contributed by atoms with Crippen LogP contribution < -0.4 is 10.6 Å². The van der Waals surface area contributed by atoms with Crippen molar-refractivity contribution in [3.8, 4) is 0 Å². The quantitative estimate of drug-likeness (QED) is 0.125. The monoisotopic (exact) mass is 959 g/mol. The highest BCUT2D eigenvalue weighted by Crippen LogP contribution is 2.29. The maximum atomic E-state index is 13.5. The van der Waals surface area contributed by atoms with E-state index in [1.807, 2.05) is 97.1 Å². The summed E-state index contributed by atoms with van der Waals surface area (Å²) in [5.41, 5.74) is 6.23. The molecular formula is C56H70N4O10. The van der Waals surface area contributed by atoms with E-state index in [4.69, 9.17) is 37.9 Å². The van der Waals surface area contributed by atoms with Crippen LogP contribution in [0, 0.1) is 0 Å². The van der Waals surface area contributed by atoms with Crippen LogP contribution in [0.3, 0.4) is 0 Å². The van der Waals surface area contributed by atoms with Crippen molar-refractivity contribution in [2.45, 2.75) is 88.1 Å². The third-order valence-corrected chi connectivity index (χ3v) is 13.0. The van der Waals surface area contributed by atoms with Gasteiger partial charge in [0.25, 0.3) is 0 Å². The fourth-order valence-electron chi connectivity index (χ4n) is 9.01. The summed E-state index contributed by atoms with van der Waals surface area (Å²) in [6, 6.07) is 47.7. The number of carbonyl (C=O) groups is 2. The lowest BCUT2D eigenvalue weighted by molar-refractivity contribution is -0.161. The number of methoxy groups -OCH3 is 4. The second kappa shape index (κ2) is 27.9. The Morgan fingerprint density at radius 3 is 1.07 bits per heavy atom. The summed E-state index contributed by atoms with van der Waals surface area (Å²) in [5, 5.41) is 6.26. The molecule has 2 fully saturated rings. The van der Waals surface area contributed by atoms with Crippen molar-refractivity contribution in [2.24, 2.45) is 0 Å². The number of benzene rings is 5. The van der Waals surface area contributed by atoms with Gasteiger partial charge < -0.3 is 48.5 Å². The largest absolute Gasteiger partial charge is 0.356 e. The summed E-state index contributed by atoms with van der Waals surface area (Å²) >= 11 is 0. The third-order valence-electron chi connectivity index (χ3n) is 13.0. The fraction of sp³-hybridized carbons (Fsp3) is 0.429. The smallest absolute Gasteiger partial charge is 0.225 e. The van der Waals surface area contributed by atoms with Gasteiger partial charge >= 0.3 is 0 Å². The molecule has 0 saturated carbocycles. The average Bonchev–Trinajstić information content (AvgIpc) is 3.40. The molecule has 5 aromatic rings. The van der Waals surface area contributed by atoms with Gasteiger partial charge in [0.2, 0.25) is 11.8 Å². The Bertz CT molecular complexity index is 2100. The predicted octanol–water partition coefficient (Wildman–Crippen LogP) is 8.03. The van der Waals surface area contributed by atoms with E-state index in [-0.39, 0.29) is 63.2 Å². The number of hydrogen-bond donors (Lipinski definition) is 2. The molecule has 8 atom stereocenters. The first-order chi connectivity index (χ1) is 34.3. The molecule has 14 nitrogen and oxygen atoms in total. The minimum atomic E-state index is -0.763. The van der Waals surface area contributed by atoms with Crippen molar-refractivity contribution in [3.63, 3.8) is 0 Å². The normalized spacial score (nSPS) is 25.7. The molecule has 0 aliphatic carbocycles. The van der Waals surface area contributed by atoms with Crippen LogP contribution in [0.2, 0.25) is 0 Å². The molecule has 14 heteroatoms. The van der Waals surface area contributed by atoms with Crippen molar-refractivity contribution >= 4 is 11.8 Å². The molecule has 0 bridgehead atoms. The second-order valence-corrected chi connectivity index (χ2v) is 17.7. The second-order valence-electron chi connectivity index (χ2n) is 17.7. The zero-order valence-corrected chi connectivity index (χ0v) is 40.9. The summed E-state index contributed by atoms with van der Waals surface area (Å²) in [7, 11) is 6.44. The van der Waals surface area contributed by atoms with Gasteiger partial charge in [0.1, 0.15) is 0 Å². The van der Waals surface area contributed by atoms with Gasteiger partial charge in [-0.25, -0.2) is 0 Å². The number of amides is 2. The van der Waals surface area contributed by atoms with Gasteiger partial charge in [0, 0.05) is 67.5 Å². The van der Waals surface area contributed by atoms with Gasteiger partial charge in [-0.05, 0) is 33.4 Å². The lowest BCUT2D eigenvalue weighted by Gasteiger charge is -2.35. The van der Waals surface area contributed by atoms with Crippen molar-refractivity contribution in [1.29, 1.82) is 0 Å². The minimum absolute atomic E-state index is 0.0166. The van der Waals surface area contributed by atoms with Crippen LogP contribution in [0.1, 0.15) is 83.2 Å². The van der Waals surface area contributed by atoms with Crippen LogP contribution in [-0.2, 0) is 60.6 Å². The lowest BCUT2D eigenvalue weighted by Crippen LogP contribution is -2.39. The number of nitrogens with zero attached hydrogens (tertiary/aromatic N) is 2. The molecule has 2 aliphatic rings. The Balaban J connectivity index is 1.13. The number of carbonyl (C=O) groups excluding carboxylic acids is 2. The van der Waals surface area contributed by atoms with E-state index in [9.17, 15) is 9.59 Å². The lowest BCUT2D eigenvalue weighted by atomic mass is 10.0. The Hall–Kier alpha value is -5.36. The maximum absolute atomic E-state index is 13.5. The van der Waals surface area contributed by atoms with Crippen LogP contribution in [0.15, 0.2) is 146 Å². The number of hydrogen-bond acceptors (Lipinski definition) is 12. The summed E-state index contributed by atoms with van der Waals surface area (Å²) in [5.74, 6) is -0.413. The van der Waals surface area contributed by atoms with Crippen molar-refractivity contribution in [3.05, 3.63) is 179 Å². The summed E-state index contributed by atoms with van der Waals surface area (Å²) < 4.78 is 49.0. The van der Waals surface area contributed by atoms with E-state index in [1.54, 1.807) is 28.4 Å². The Kier molecular flexibility index (Phi) is 20.9. The van der Waals surface area contributed by atoms with Crippen LogP contribution >= 0.6 is 0 Å². The number of nitrogens with one attached hydrogen (secondary N) is 2. The highest BCUT2D eigenvalue weighted by Gasteiger charge is 2.30. The Morgan fingerprint density at radius 2 is 0.743 bits per heavy atom. The topological polar surface area (TPSA) is 139 Å². The SMILES string of the molecule is CO[C@@H]1CCN(Cc2ccc(CN3CC[C@@H](OC)OC[C@@H](c4ccccc4)NC(=O)C[C@@H](OC)OC[C@H]3c3ccccc3)cc2)[C@H](c2ccccc2)CO[C@H](OC)CC(=O)N[C@H](c2ccccc2)CO1. The molecule has 2 heterocycles. The zero-order valence-electron chi connectivity index (χ0n) is 40.9. The fourth-order valence-corrected chi connectivity index (χ4v) is 9.01. The molecule has 70 heavy (non-hydrogen) atoms. The van der Waals surface area contributed by atoms with Gasteiger partial charge in [0.15, 0.2) is 25.2 Å². The van der Waals surface area contributed by atoms with E-state index in [0.29, 0.717) is 39.0 Å². The van der Waals surface area contributed by atoms with Gasteiger partial charge in [-0.1, -0.05) is 146 Å². The van der Waals surface area contributed by atoms with E-state index in [1.165, 1.54) is 0 Å². The highest BCUT2D eigenvalue weighted by atomic mass is 16.7. The van der Waals surface area contributed by atoms with Gasteiger partial charge in [-0.2, -0.15) is 0 Å². The van der Waals surface area contributed by atoms with Gasteiger partial charge in [0.05, 0.1) is 63.4 Å². The van der Waals surface area contributed by atoms with Crippen LogP contribution in [0.5, 0.6) is 0 Å². The van der Waals surface area contributed by atoms with E-state index in [0.717, 1.165) is 33.4 Å². The van der Waals surface area contributed by atoms with Crippen LogP contribution in [0.25, 0.3) is 0 Å². The first-order valence-electron chi connectivity index (χ1n) is 24.2. The third kappa shape index (κ3) is 15.8. The number of rotatable bonds is 12. The van der Waals surface area contributed by atoms with E-state index >= 15 is 0 Å². The Labute approximate surface area is 413 Å². The van der Waals surface area contributed by atoms with E-state index < -0.39 is 37.2 Å². The molecule has 0 radical (unpaired) electrons. The maximum Gasteiger partial charge on any atom is 0.225 e. The number of ether oxygens (including phenoxy) is 8. The van der Waals surface area contributed by atoms with Crippen molar-refractivity contribution in [2.75, 3.05) is 68.0 Å². The molecule has 2 N–H and O–H groups in total. The molecule has 2 amide bonds. The van der Waals surface area contributed by atoms with Crippen LogP contribution in [0.4, 0.5) is 0 Å². The summed E-state index contributed by atoms with van der Waals surface area (Å²) in [6.07, 6.45) is -1.42. The molecular weight excluding hydrogens is 889 g/mol. The van der Waals surface area contributed by atoms with Crippen molar-refractivity contribution < 1.29 is 47.5 Å².